The molecule has 0 spiro atoms. The zero-order valence-electron chi connectivity index (χ0n) is 17.1. The van der Waals surface area contributed by atoms with Gasteiger partial charge in [0, 0.05) is 25.8 Å². The summed E-state index contributed by atoms with van der Waals surface area (Å²) in [5, 5.41) is 19.4. The first-order valence-corrected chi connectivity index (χ1v) is 9.64. The van der Waals surface area contributed by atoms with Crippen molar-refractivity contribution in [1.82, 2.24) is 15.2 Å². The third kappa shape index (κ3) is 6.51. The molecule has 8 nitrogen and oxygen atoms in total. The average Bonchev–Trinajstić information content (AvgIpc) is 2.78. The largest absolute Gasteiger partial charge is 0.490 e. The number of carboxylic acid groups (broad SMARTS) is 2. The van der Waals surface area contributed by atoms with Crippen LogP contribution in [0.5, 0.6) is 0 Å². The molecule has 1 atom stereocenters. The van der Waals surface area contributed by atoms with E-state index in [1.54, 1.807) is 4.90 Å². The molecule has 0 aliphatic carbocycles. The molecule has 1 aliphatic heterocycles. The fraction of sp³-hybridized carbons (Fsp3) is 0.333. The number of aliphatic carboxylic acids is 1. The number of nitrogens with zero attached hydrogens (tertiary/aromatic N) is 2. The number of aryl methyl sites for hydroxylation is 1. The molecule has 0 saturated carbocycles. The molecule has 1 fully saturated rings. The molecule has 0 radical (unpaired) electrons. The fourth-order valence-corrected chi connectivity index (χ4v) is 3.01. The van der Waals surface area contributed by atoms with Gasteiger partial charge in [-0.05, 0) is 29.7 Å². The second kappa shape index (κ2) is 10.7. The summed E-state index contributed by atoms with van der Waals surface area (Å²) in [4.78, 5) is 38.5. The molecular formula is C21H22F3N3O5. The minimum Gasteiger partial charge on any atom is -0.478 e. The summed E-state index contributed by atoms with van der Waals surface area (Å²) in [6, 6.07) is 11.1. The third-order valence-electron chi connectivity index (χ3n) is 4.75. The van der Waals surface area contributed by atoms with Crippen molar-refractivity contribution >= 4 is 17.8 Å². The molecule has 3 N–H and O–H groups in total. The molecule has 1 unspecified atom stereocenters. The number of benzene rings is 1. The summed E-state index contributed by atoms with van der Waals surface area (Å²) in [6.07, 6.45) is -2.88. The molecule has 1 amide bonds. The van der Waals surface area contributed by atoms with Crippen molar-refractivity contribution in [2.75, 3.05) is 19.6 Å². The Bertz CT molecular complexity index is 947. The lowest BCUT2D eigenvalue weighted by atomic mass is 10.0. The van der Waals surface area contributed by atoms with Gasteiger partial charge in [0.25, 0.3) is 5.91 Å². The van der Waals surface area contributed by atoms with Crippen LogP contribution in [0.3, 0.4) is 0 Å². The Morgan fingerprint density at radius 3 is 2.22 bits per heavy atom. The molecule has 0 bridgehead atoms. The molecular weight excluding hydrogens is 431 g/mol. The van der Waals surface area contributed by atoms with Crippen molar-refractivity contribution in [2.45, 2.75) is 25.6 Å². The fourth-order valence-electron chi connectivity index (χ4n) is 3.01. The molecule has 11 heteroatoms. The maximum absolute atomic E-state index is 12.9. The van der Waals surface area contributed by atoms with Crippen molar-refractivity contribution in [3.05, 3.63) is 65.0 Å². The highest BCUT2D eigenvalue weighted by molar-refractivity contribution is 5.94. The summed E-state index contributed by atoms with van der Waals surface area (Å²) in [6.45, 7) is 4.10. The topological polar surface area (TPSA) is 120 Å². The lowest BCUT2D eigenvalue weighted by Crippen LogP contribution is -2.48. The van der Waals surface area contributed by atoms with Gasteiger partial charge in [0.15, 0.2) is 0 Å². The molecule has 2 heterocycles. The Morgan fingerprint density at radius 2 is 1.75 bits per heavy atom. The van der Waals surface area contributed by atoms with Gasteiger partial charge in [-0.3, -0.25) is 9.78 Å². The first-order valence-electron chi connectivity index (χ1n) is 9.64. The van der Waals surface area contributed by atoms with E-state index in [0.29, 0.717) is 13.1 Å². The van der Waals surface area contributed by atoms with Crippen LogP contribution in [0.1, 0.15) is 44.9 Å². The highest BCUT2D eigenvalue weighted by atomic mass is 19.4. The van der Waals surface area contributed by atoms with Crippen molar-refractivity contribution in [3.8, 4) is 0 Å². The Balaban J connectivity index is 0.000000451. The highest BCUT2D eigenvalue weighted by Crippen LogP contribution is 2.24. The molecule has 2 aromatic rings. The zero-order valence-corrected chi connectivity index (χ0v) is 17.1. The van der Waals surface area contributed by atoms with Gasteiger partial charge >= 0.3 is 18.1 Å². The molecule has 1 saturated heterocycles. The van der Waals surface area contributed by atoms with Crippen LogP contribution in [-0.4, -0.2) is 63.8 Å². The van der Waals surface area contributed by atoms with Gasteiger partial charge < -0.3 is 20.4 Å². The quantitative estimate of drug-likeness (QED) is 0.651. The van der Waals surface area contributed by atoms with Crippen LogP contribution < -0.4 is 5.32 Å². The number of halogens is 3. The van der Waals surface area contributed by atoms with Crippen LogP contribution >= 0.6 is 0 Å². The predicted molar refractivity (Wildman–Crippen MR) is 107 cm³/mol. The van der Waals surface area contributed by atoms with Gasteiger partial charge in [-0.25, -0.2) is 9.59 Å². The van der Waals surface area contributed by atoms with Crippen molar-refractivity contribution < 1.29 is 37.8 Å². The summed E-state index contributed by atoms with van der Waals surface area (Å²) < 4.78 is 31.7. The van der Waals surface area contributed by atoms with Crippen LogP contribution in [0, 0.1) is 0 Å². The van der Waals surface area contributed by atoms with Crippen LogP contribution in [0.25, 0.3) is 0 Å². The molecule has 1 aliphatic rings. The number of nitrogens with one attached hydrogen (secondary N) is 1. The Labute approximate surface area is 181 Å². The summed E-state index contributed by atoms with van der Waals surface area (Å²) in [5.41, 5.74) is 2.68. The summed E-state index contributed by atoms with van der Waals surface area (Å²) in [7, 11) is 0. The number of hydrogen-bond acceptors (Lipinski definition) is 5. The van der Waals surface area contributed by atoms with E-state index in [0.717, 1.165) is 18.5 Å². The average molecular weight is 453 g/mol. The minimum absolute atomic E-state index is 0.0619. The van der Waals surface area contributed by atoms with E-state index in [1.807, 2.05) is 0 Å². The number of piperazine rings is 1. The smallest absolute Gasteiger partial charge is 0.478 e. The summed E-state index contributed by atoms with van der Waals surface area (Å²) >= 11 is 0. The molecule has 172 valence electrons. The number of amides is 1. The number of aromatic nitrogens is 1. The first-order chi connectivity index (χ1) is 15.0. The van der Waals surface area contributed by atoms with E-state index in [4.69, 9.17) is 15.0 Å². The predicted octanol–water partition coefficient (Wildman–Crippen LogP) is 2.76. The number of rotatable bonds is 4. The number of aromatic carboxylic acids is 1. The van der Waals surface area contributed by atoms with Gasteiger partial charge in [-0.1, -0.05) is 31.2 Å². The van der Waals surface area contributed by atoms with E-state index in [-0.39, 0.29) is 23.2 Å². The summed E-state index contributed by atoms with van der Waals surface area (Å²) in [5.74, 6) is -3.99. The minimum atomic E-state index is -5.08. The monoisotopic (exact) mass is 453 g/mol. The van der Waals surface area contributed by atoms with E-state index in [2.05, 4.69) is 41.5 Å². The molecule has 3 rings (SSSR count). The lowest BCUT2D eigenvalue weighted by Gasteiger charge is -2.36. The molecule has 1 aromatic heterocycles. The van der Waals surface area contributed by atoms with E-state index in [9.17, 15) is 22.8 Å². The third-order valence-corrected chi connectivity index (χ3v) is 4.75. The van der Waals surface area contributed by atoms with Gasteiger partial charge in [0.2, 0.25) is 0 Å². The second-order valence-electron chi connectivity index (χ2n) is 6.85. The Kier molecular flexibility index (Phi) is 8.30. The van der Waals surface area contributed by atoms with Gasteiger partial charge in [-0.2, -0.15) is 13.2 Å². The molecule has 32 heavy (non-hydrogen) atoms. The second-order valence-corrected chi connectivity index (χ2v) is 6.85. The van der Waals surface area contributed by atoms with Crippen LogP contribution in [0.2, 0.25) is 0 Å². The highest BCUT2D eigenvalue weighted by Gasteiger charge is 2.38. The van der Waals surface area contributed by atoms with Gasteiger partial charge in [0.05, 0.1) is 11.6 Å². The first kappa shape index (κ1) is 24.8. The number of carbonyl (C=O) groups excluding carboxylic acids is 1. The van der Waals surface area contributed by atoms with E-state index < -0.39 is 18.1 Å². The van der Waals surface area contributed by atoms with Crippen LogP contribution in [-0.2, 0) is 11.2 Å². The number of alkyl halides is 3. The van der Waals surface area contributed by atoms with E-state index in [1.165, 1.54) is 23.9 Å². The Hall–Kier alpha value is -3.47. The normalized spacial score (nSPS) is 16.0. The van der Waals surface area contributed by atoms with Gasteiger partial charge in [-0.15, -0.1) is 0 Å². The SMILES string of the molecule is CCc1ccc(C2CNCCN2C(=O)c2ccc(C(=O)O)cn2)cc1.O=C(O)C(F)(F)F. The maximum atomic E-state index is 12.9. The van der Waals surface area contributed by atoms with Crippen LogP contribution in [0.4, 0.5) is 13.2 Å². The number of carboxylic acids is 2. The van der Waals surface area contributed by atoms with Crippen molar-refractivity contribution in [1.29, 1.82) is 0 Å². The molecule has 1 aromatic carbocycles. The Morgan fingerprint density at radius 1 is 1.12 bits per heavy atom. The number of pyridine rings is 1. The standard InChI is InChI=1S/C19H21N3O3.C2HF3O2/c1-2-13-3-5-14(6-4-13)17-12-20-9-10-22(17)18(23)16-8-7-15(11-21-16)19(24)25;3-2(4,5)1(6)7/h3-8,11,17,20H,2,9-10,12H2,1H3,(H,24,25);(H,6,7). The van der Waals surface area contributed by atoms with E-state index >= 15 is 0 Å². The van der Waals surface area contributed by atoms with Crippen molar-refractivity contribution in [2.24, 2.45) is 0 Å². The lowest BCUT2D eigenvalue weighted by molar-refractivity contribution is -0.192. The number of hydrogen-bond donors (Lipinski definition) is 3. The zero-order chi connectivity index (χ0) is 23.9. The van der Waals surface area contributed by atoms with Crippen molar-refractivity contribution in [3.63, 3.8) is 0 Å². The van der Waals surface area contributed by atoms with Crippen LogP contribution in [0.15, 0.2) is 42.6 Å². The maximum Gasteiger partial charge on any atom is 0.490 e. The van der Waals surface area contributed by atoms with Gasteiger partial charge in [0.1, 0.15) is 5.69 Å². The number of carbonyl (C=O) groups is 3.